The molecule has 4 nitrogen and oxygen atoms in total. The van der Waals surface area contributed by atoms with E-state index >= 15 is 0 Å². The number of aromatic amines is 1. The topological polar surface area (TPSA) is 57.8 Å². The van der Waals surface area contributed by atoms with Crippen molar-refractivity contribution in [3.05, 3.63) is 41.8 Å². The maximum absolute atomic E-state index is 12.8. The quantitative estimate of drug-likeness (QED) is 0.566. The van der Waals surface area contributed by atoms with Crippen molar-refractivity contribution >= 4 is 18.5 Å². The van der Waals surface area contributed by atoms with Crippen LogP contribution < -0.4 is 5.32 Å². The summed E-state index contributed by atoms with van der Waals surface area (Å²) in [4.78, 5) is 11.8. The van der Waals surface area contributed by atoms with E-state index < -0.39 is 0 Å². The normalized spacial score (nSPS) is 10.5. The van der Waals surface area contributed by atoms with Crippen LogP contribution in [0.4, 0.5) is 4.39 Å². The predicted octanol–water partition coefficient (Wildman–Crippen LogP) is 2.66. The van der Waals surface area contributed by atoms with Gasteiger partial charge in [0, 0.05) is 12.1 Å². The molecule has 0 atom stereocenters. The second kappa shape index (κ2) is 7.09. The summed E-state index contributed by atoms with van der Waals surface area (Å²) >= 11 is 4.11. The number of aromatic nitrogens is 2. The van der Waals surface area contributed by atoms with Gasteiger partial charge in [-0.05, 0) is 48.9 Å². The largest absolute Gasteiger partial charge is 0.351 e. The molecule has 2 aromatic rings. The molecule has 106 valence electrons. The number of rotatable bonds is 6. The summed E-state index contributed by atoms with van der Waals surface area (Å²) < 4.78 is 12.8. The minimum Gasteiger partial charge on any atom is -0.351 e. The van der Waals surface area contributed by atoms with Crippen molar-refractivity contribution in [2.24, 2.45) is 0 Å². The number of amides is 1. The van der Waals surface area contributed by atoms with E-state index in [1.54, 1.807) is 18.2 Å². The molecule has 0 aliphatic rings. The van der Waals surface area contributed by atoms with Crippen molar-refractivity contribution in [1.29, 1.82) is 0 Å². The zero-order valence-electron chi connectivity index (χ0n) is 10.9. The zero-order valence-corrected chi connectivity index (χ0v) is 11.8. The van der Waals surface area contributed by atoms with E-state index in [0.29, 0.717) is 17.9 Å². The summed E-state index contributed by atoms with van der Waals surface area (Å²) in [5.74, 6) is 0.325. The highest BCUT2D eigenvalue weighted by Gasteiger charge is 2.10. The van der Waals surface area contributed by atoms with Gasteiger partial charge in [0.1, 0.15) is 11.5 Å². The van der Waals surface area contributed by atoms with Crippen LogP contribution in [-0.4, -0.2) is 28.4 Å². The van der Waals surface area contributed by atoms with Gasteiger partial charge in [-0.25, -0.2) is 4.39 Å². The minimum atomic E-state index is -0.300. The van der Waals surface area contributed by atoms with Gasteiger partial charge in [0.15, 0.2) is 0 Å². The number of carbonyl (C=O) groups excluding carboxylic acids is 1. The Bertz CT molecular complexity index is 568. The first-order valence-electron chi connectivity index (χ1n) is 6.41. The molecular formula is C14H16FN3OS. The van der Waals surface area contributed by atoms with Crippen molar-refractivity contribution in [2.45, 2.75) is 12.8 Å². The van der Waals surface area contributed by atoms with Gasteiger partial charge < -0.3 is 5.32 Å². The van der Waals surface area contributed by atoms with Crippen molar-refractivity contribution < 1.29 is 9.18 Å². The van der Waals surface area contributed by atoms with E-state index in [1.165, 1.54) is 12.1 Å². The Morgan fingerprint density at radius 2 is 2.05 bits per heavy atom. The van der Waals surface area contributed by atoms with Gasteiger partial charge in [0.25, 0.3) is 5.91 Å². The Kier molecular flexibility index (Phi) is 5.17. The molecule has 2 N–H and O–H groups in total. The van der Waals surface area contributed by atoms with E-state index in [1.807, 2.05) is 0 Å². The third-order valence-electron chi connectivity index (χ3n) is 2.83. The molecule has 0 saturated carbocycles. The second-order valence-corrected chi connectivity index (χ2v) is 4.81. The fourth-order valence-corrected chi connectivity index (χ4v) is 1.96. The predicted molar refractivity (Wildman–Crippen MR) is 79.4 cm³/mol. The number of hydrogen-bond acceptors (Lipinski definition) is 3. The van der Waals surface area contributed by atoms with Crippen LogP contribution in [0.15, 0.2) is 30.3 Å². The molecule has 0 saturated heterocycles. The summed E-state index contributed by atoms with van der Waals surface area (Å²) in [6, 6.07) is 7.63. The Hall–Kier alpha value is -1.82. The summed E-state index contributed by atoms with van der Waals surface area (Å²) in [5.41, 5.74) is 1.78. The first kappa shape index (κ1) is 14.6. The second-order valence-electron chi connectivity index (χ2n) is 4.36. The van der Waals surface area contributed by atoms with Gasteiger partial charge in [-0.3, -0.25) is 9.89 Å². The molecule has 6 heteroatoms. The molecule has 1 amide bonds. The molecule has 1 aromatic carbocycles. The molecular weight excluding hydrogens is 277 g/mol. The minimum absolute atomic E-state index is 0.190. The van der Waals surface area contributed by atoms with E-state index in [2.05, 4.69) is 28.1 Å². The SMILES string of the molecule is O=C(NCCCCS)c1cc(-c2ccc(F)cc2)n[nH]1. The number of halogens is 1. The molecule has 0 aliphatic carbocycles. The summed E-state index contributed by atoms with van der Waals surface area (Å²) in [6.45, 7) is 0.615. The van der Waals surface area contributed by atoms with Crippen molar-refractivity contribution in [3.8, 4) is 11.3 Å². The summed E-state index contributed by atoms with van der Waals surface area (Å²) in [6.07, 6.45) is 1.86. The number of benzene rings is 1. The van der Waals surface area contributed by atoms with Crippen LogP contribution in [-0.2, 0) is 0 Å². The van der Waals surface area contributed by atoms with Crippen LogP contribution in [0.3, 0.4) is 0 Å². The molecule has 0 aliphatic heterocycles. The number of carbonyl (C=O) groups is 1. The van der Waals surface area contributed by atoms with E-state index in [0.717, 1.165) is 24.2 Å². The fourth-order valence-electron chi connectivity index (χ4n) is 1.74. The molecule has 0 fully saturated rings. The standard InChI is InChI=1S/C14H16FN3OS/c15-11-5-3-10(4-6-11)12-9-13(18-17-12)14(19)16-7-1-2-8-20/h3-6,9,20H,1-2,7-8H2,(H,16,19)(H,17,18). The molecule has 0 spiro atoms. The number of H-pyrrole nitrogens is 1. The van der Waals surface area contributed by atoms with Crippen molar-refractivity contribution in [2.75, 3.05) is 12.3 Å². The lowest BCUT2D eigenvalue weighted by Gasteiger charge is -2.01. The van der Waals surface area contributed by atoms with Crippen LogP contribution >= 0.6 is 12.6 Å². The number of thiol groups is 1. The van der Waals surface area contributed by atoms with Gasteiger partial charge in [0.05, 0.1) is 5.69 Å². The molecule has 1 heterocycles. The lowest BCUT2D eigenvalue weighted by molar-refractivity contribution is 0.0948. The van der Waals surface area contributed by atoms with Gasteiger partial charge in [0.2, 0.25) is 0 Å². The lowest BCUT2D eigenvalue weighted by atomic mass is 10.1. The van der Waals surface area contributed by atoms with Crippen LogP contribution in [0.5, 0.6) is 0 Å². The average molecular weight is 293 g/mol. The zero-order chi connectivity index (χ0) is 14.4. The third kappa shape index (κ3) is 3.84. The number of nitrogens with zero attached hydrogens (tertiary/aromatic N) is 1. The molecule has 2 rings (SSSR count). The Balaban J connectivity index is 1.98. The molecule has 1 aromatic heterocycles. The highest BCUT2D eigenvalue weighted by atomic mass is 32.1. The lowest BCUT2D eigenvalue weighted by Crippen LogP contribution is -2.24. The first-order chi connectivity index (χ1) is 9.70. The molecule has 20 heavy (non-hydrogen) atoms. The Morgan fingerprint density at radius 1 is 1.30 bits per heavy atom. The van der Waals surface area contributed by atoms with Crippen LogP contribution in [0, 0.1) is 5.82 Å². The average Bonchev–Trinajstić information content (AvgIpc) is 2.94. The maximum Gasteiger partial charge on any atom is 0.269 e. The number of unbranched alkanes of at least 4 members (excludes halogenated alkanes) is 1. The molecule has 0 unspecified atom stereocenters. The van der Waals surface area contributed by atoms with Gasteiger partial charge >= 0.3 is 0 Å². The molecule has 0 radical (unpaired) electrons. The van der Waals surface area contributed by atoms with E-state index in [-0.39, 0.29) is 11.7 Å². The number of hydrogen-bond donors (Lipinski definition) is 3. The Morgan fingerprint density at radius 3 is 2.75 bits per heavy atom. The first-order valence-corrected chi connectivity index (χ1v) is 7.04. The van der Waals surface area contributed by atoms with Crippen LogP contribution in [0.1, 0.15) is 23.3 Å². The molecule has 0 bridgehead atoms. The van der Waals surface area contributed by atoms with Crippen LogP contribution in [0.2, 0.25) is 0 Å². The van der Waals surface area contributed by atoms with Crippen molar-refractivity contribution in [1.82, 2.24) is 15.5 Å². The van der Waals surface area contributed by atoms with Crippen LogP contribution in [0.25, 0.3) is 11.3 Å². The highest BCUT2D eigenvalue weighted by molar-refractivity contribution is 7.80. The monoisotopic (exact) mass is 293 g/mol. The van der Waals surface area contributed by atoms with E-state index in [9.17, 15) is 9.18 Å². The maximum atomic E-state index is 12.8. The number of nitrogens with one attached hydrogen (secondary N) is 2. The summed E-state index contributed by atoms with van der Waals surface area (Å²) in [7, 11) is 0. The van der Waals surface area contributed by atoms with Crippen molar-refractivity contribution in [3.63, 3.8) is 0 Å². The van der Waals surface area contributed by atoms with Gasteiger partial charge in [-0.2, -0.15) is 17.7 Å². The third-order valence-corrected chi connectivity index (χ3v) is 3.15. The smallest absolute Gasteiger partial charge is 0.269 e. The highest BCUT2D eigenvalue weighted by Crippen LogP contribution is 2.17. The van der Waals surface area contributed by atoms with Gasteiger partial charge in [-0.1, -0.05) is 0 Å². The summed E-state index contributed by atoms with van der Waals surface area (Å²) in [5, 5.41) is 9.55. The Labute approximate surface area is 122 Å². The van der Waals surface area contributed by atoms with Gasteiger partial charge in [-0.15, -0.1) is 0 Å². The van der Waals surface area contributed by atoms with E-state index in [4.69, 9.17) is 0 Å². The fraction of sp³-hybridized carbons (Fsp3) is 0.286.